The van der Waals surface area contributed by atoms with Gasteiger partial charge in [-0.25, -0.2) is 9.07 Å². The predicted octanol–water partition coefficient (Wildman–Crippen LogP) is 6.50. The Bertz CT molecular complexity index is 1730. The lowest BCUT2D eigenvalue weighted by atomic mass is 9.97. The summed E-state index contributed by atoms with van der Waals surface area (Å²) in [5.74, 6) is -0.334. The number of aliphatic imine (C=N–C) groups is 1. The molecule has 2 aliphatic heterocycles. The third-order valence-corrected chi connectivity index (χ3v) is 8.55. The fraction of sp³-hybridized carbons (Fsp3) is 0.235. The van der Waals surface area contributed by atoms with E-state index in [2.05, 4.69) is 9.89 Å². The molecule has 1 amide bonds. The largest absolute Gasteiger partial charge is 0.489 e. The molecule has 10 heteroatoms. The van der Waals surface area contributed by atoms with Gasteiger partial charge in [0.25, 0.3) is 5.91 Å². The summed E-state index contributed by atoms with van der Waals surface area (Å²) in [6, 6.07) is 23.7. The van der Waals surface area contributed by atoms with Gasteiger partial charge in [-0.15, -0.1) is 0 Å². The molecule has 0 radical (unpaired) electrons. The van der Waals surface area contributed by atoms with Gasteiger partial charge in [0.15, 0.2) is 5.17 Å². The number of halogens is 1. The standard InChI is InChI=1S/C34H31FN4O4S/c1-2-42-33(41)23-15-17-38(18-16-23)34-36-32(40)30(44-34)20-26-21-39(27-11-4-3-5-12-27)37-31(26)24-10-8-13-28(19-24)43-22-25-9-6-7-14-29(25)35/h3-14,19-21,23H,2,15-18,22H2,1H3/b30-20-. The normalized spacial score (nSPS) is 16.3. The Balaban J connectivity index is 1.24. The molecule has 0 N–H and O–H groups in total. The number of hydrogen-bond donors (Lipinski definition) is 0. The highest BCUT2D eigenvalue weighted by atomic mass is 32.2. The van der Waals surface area contributed by atoms with E-state index < -0.39 is 0 Å². The molecule has 44 heavy (non-hydrogen) atoms. The molecule has 0 spiro atoms. The molecule has 0 saturated carbocycles. The number of para-hydroxylation sites is 1. The third-order valence-electron chi connectivity index (χ3n) is 7.50. The van der Waals surface area contributed by atoms with E-state index in [1.807, 2.05) is 73.8 Å². The van der Waals surface area contributed by atoms with E-state index >= 15 is 0 Å². The van der Waals surface area contributed by atoms with Crippen molar-refractivity contribution in [2.75, 3.05) is 19.7 Å². The summed E-state index contributed by atoms with van der Waals surface area (Å²) in [5.41, 5.74) is 3.53. The second-order valence-corrected chi connectivity index (χ2v) is 11.5. The van der Waals surface area contributed by atoms with Crippen molar-refractivity contribution < 1.29 is 23.5 Å². The van der Waals surface area contributed by atoms with Crippen molar-refractivity contribution in [3.63, 3.8) is 0 Å². The van der Waals surface area contributed by atoms with E-state index in [4.69, 9.17) is 14.6 Å². The molecule has 3 heterocycles. The second-order valence-electron chi connectivity index (χ2n) is 10.4. The molecular weight excluding hydrogens is 579 g/mol. The summed E-state index contributed by atoms with van der Waals surface area (Å²) in [7, 11) is 0. The van der Waals surface area contributed by atoms with Gasteiger partial charge in [-0.1, -0.05) is 48.5 Å². The van der Waals surface area contributed by atoms with E-state index in [-0.39, 0.29) is 30.2 Å². The van der Waals surface area contributed by atoms with Crippen molar-refractivity contribution in [3.05, 3.63) is 107 Å². The highest BCUT2D eigenvalue weighted by molar-refractivity contribution is 8.18. The molecule has 0 atom stereocenters. The maximum atomic E-state index is 14.1. The maximum absolute atomic E-state index is 14.1. The first-order valence-corrected chi connectivity index (χ1v) is 15.4. The van der Waals surface area contributed by atoms with E-state index in [1.54, 1.807) is 22.9 Å². The maximum Gasteiger partial charge on any atom is 0.309 e. The third kappa shape index (κ3) is 6.60. The van der Waals surface area contributed by atoms with Crippen LogP contribution in [0.15, 0.2) is 95.0 Å². The molecule has 0 bridgehead atoms. The lowest BCUT2D eigenvalue weighted by molar-refractivity contribution is -0.149. The minimum Gasteiger partial charge on any atom is -0.489 e. The van der Waals surface area contributed by atoms with Crippen LogP contribution in [-0.2, 0) is 20.9 Å². The van der Waals surface area contributed by atoms with Crippen molar-refractivity contribution in [2.24, 2.45) is 10.9 Å². The number of likely N-dealkylation sites (tertiary alicyclic amines) is 1. The van der Waals surface area contributed by atoms with Gasteiger partial charge < -0.3 is 14.4 Å². The number of amidine groups is 1. The molecule has 4 aromatic rings. The molecular formula is C34H31FN4O4S. The minimum atomic E-state index is -0.317. The number of piperidine rings is 1. The van der Waals surface area contributed by atoms with Crippen molar-refractivity contribution in [3.8, 4) is 22.7 Å². The number of thioether (sulfide) groups is 1. The van der Waals surface area contributed by atoms with Crippen molar-refractivity contribution in [1.29, 1.82) is 0 Å². The van der Waals surface area contributed by atoms with Crippen LogP contribution in [0.1, 0.15) is 30.9 Å². The zero-order chi connectivity index (χ0) is 30.5. The number of aromatic nitrogens is 2. The Morgan fingerprint density at radius 1 is 1.05 bits per heavy atom. The van der Waals surface area contributed by atoms with Crippen LogP contribution in [-0.4, -0.2) is 51.4 Å². The molecule has 2 aliphatic rings. The lowest BCUT2D eigenvalue weighted by Crippen LogP contribution is -2.39. The Hall–Kier alpha value is -4.70. The van der Waals surface area contributed by atoms with Gasteiger partial charge >= 0.3 is 5.97 Å². The Morgan fingerprint density at radius 3 is 2.59 bits per heavy atom. The zero-order valence-corrected chi connectivity index (χ0v) is 25.0. The number of nitrogens with zero attached hydrogens (tertiary/aromatic N) is 4. The second kappa shape index (κ2) is 13.3. The van der Waals surface area contributed by atoms with E-state index in [0.29, 0.717) is 59.6 Å². The number of carbonyl (C=O) groups excluding carboxylic acids is 2. The van der Waals surface area contributed by atoms with E-state index in [1.165, 1.54) is 17.8 Å². The smallest absolute Gasteiger partial charge is 0.309 e. The van der Waals surface area contributed by atoms with Crippen LogP contribution in [0.4, 0.5) is 4.39 Å². The van der Waals surface area contributed by atoms with Crippen LogP contribution in [0, 0.1) is 11.7 Å². The average molecular weight is 611 g/mol. The summed E-state index contributed by atoms with van der Waals surface area (Å²) in [6.45, 7) is 3.54. The summed E-state index contributed by atoms with van der Waals surface area (Å²) in [6.07, 6.45) is 5.04. The fourth-order valence-corrected chi connectivity index (χ4v) is 6.14. The van der Waals surface area contributed by atoms with Gasteiger partial charge in [0, 0.05) is 36.0 Å². The van der Waals surface area contributed by atoms with Crippen molar-refractivity contribution in [2.45, 2.75) is 26.4 Å². The Labute approximate surface area is 259 Å². The first-order chi connectivity index (χ1) is 21.5. The molecule has 1 saturated heterocycles. The SMILES string of the molecule is CCOC(=O)C1CCN(C2=NC(=O)/C(=C/c3cn(-c4ccccc4)nc3-c3cccc(OCc4ccccc4F)c3)S2)CC1. The summed E-state index contributed by atoms with van der Waals surface area (Å²) in [5, 5.41) is 5.53. The van der Waals surface area contributed by atoms with Gasteiger partial charge in [0.1, 0.15) is 23.9 Å². The number of ether oxygens (including phenoxy) is 2. The van der Waals surface area contributed by atoms with E-state index in [9.17, 15) is 14.0 Å². The number of esters is 1. The minimum absolute atomic E-state index is 0.0911. The number of rotatable bonds is 8. The van der Waals surface area contributed by atoms with Gasteiger partial charge in [-0.3, -0.25) is 9.59 Å². The molecule has 1 aromatic heterocycles. The zero-order valence-electron chi connectivity index (χ0n) is 24.2. The highest BCUT2D eigenvalue weighted by Crippen LogP contribution is 2.35. The summed E-state index contributed by atoms with van der Waals surface area (Å²) >= 11 is 1.33. The van der Waals surface area contributed by atoms with Gasteiger partial charge in [0.2, 0.25) is 0 Å². The first kappa shape index (κ1) is 29.4. The van der Waals surface area contributed by atoms with Gasteiger partial charge in [0.05, 0.1) is 23.1 Å². The van der Waals surface area contributed by atoms with Crippen molar-refractivity contribution in [1.82, 2.24) is 14.7 Å². The van der Waals surface area contributed by atoms with Crippen LogP contribution in [0.25, 0.3) is 23.0 Å². The van der Waals surface area contributed by atoms with Crippen LogP contribution in [0.5, 0.6) is 5.75 Å². The van der Waals surface area contributed by atoms with Crippen LogP contribution in [0.3, 0.4) is 0 Å². The fourth-order valence-electron chi connectivity index (χ4n) is 5.18. The Kier molecular flexibility index (Phi) is 8.88. The molecule has 0 unspecified atom stereocenters. The van der Waals surface area contributed by atoms with E-state index in [0.717, 1.165) is 16.8 Å². The first-order valence-electron chi connectivity index (χ1n) is 14.5. The van der Waals surface area contributed by atoms with Gasteiger partial charge in [-0.05, 0) is 67.9 Å². The summed E-state index contributed by atoms with van der Waals surface area (Å²) in [4.78, 5) is 32.1. The predicted molar refractivity (Wildman–Crippen MR) is 169 cm³/mol. The average Bonchev–Trinajstić information content (AvgIpc) is 3.65. The topological polar surface area (TPSA) is 86.0 Å². The number of carbonyl (C=O) groups is 2. The van der Waals surface area contributed by atoms with Crippen LogP contribution in [0.2, 0.25) is 0 Å². The molecule has 0 aliphatic carbocycles. The molecule has 1 fully saturated rings. The van der Waals surface area contributed by atoms with Gasteiger partial charge in [-0.2, -0.15) is 10.1 Å². The number of hydrogen-bond acceptors (Lipinski definition) is 7. The monoisotopic (exact) mass is 610 g/mol. The molecule has 8 nitrogen and oxygen atoms in total. The highest BCUT2D eigenvalue weighted by Gasteiger charge is 2.32. The Morgan fingerprint density at radius 2 is 1.82 bits per heavy atom. The molecule has 3 aromatic carbocycles. The van der Waals surface area contributed by atoms with Crippen LogP contribution < -0.4 is 4.74 Å². The summed E-state index contributed by atoms with van der Waals surface area (Å²) < 4.78 is 27.0. The molecule has 224 valence electrons. The van der Waals surface area contributed by atoms with Crippen LogP contribution >= 0.6 is 11.8 Å². The number of benzene rings is 3. The number of amides is 1. The molecule has 6 rings (SSSR count). The van der Waals surface area contributed by atoms with Crippen molar-refractivity contribution >= 4 is 34.9 Å². The lowest BCUT2D eigenvalue weighted by Gasteiger charge is -2.31. The quantitative estimate of drug-likeness (QED) is 0.166.